The summed E-state index contributed by atoms with van der Waals surface area (Å²) in [6.07, 6.45) is 5.23. The zero-order valence-corrected chi connectivity index (χ0v) is 18.8. The first-order valence-electron chi connectivity index (χ1n) is 10.1. The summed E-state index contributed by atoms with van der Waals surface area (Å²) in [5.41, 5.74) is 17.7. The minimum Gasteiger partial charge on any atom is -0.383 e. The van der Waals surface area contributed by atoms with Gasteiger partial charge in [-0.05, 0) is 31.4 Å². The van der Waals surface area contributed by atoms with Crippen LogP contribution in [0, 0.1) is 0 Å². The van der Waals surface area contributed by atoms with Crippen molar-refractivity contribution in [2.75, 3.05) is 18.5 Å². The fraction of sp³-hybridized carbons (Fsp3) is 0.350. The third-order valence-corrected chi connectivity index (χ3v) is 5.08. The number of anilines is 2. The molecule has 0 spiro atoms. The van der Waals surface area contributed by atoms with E-state index >= 15 is 0 Å². The molecule has 0 radical (unpaired) electrons. The Bertz CT molecular complexity index is 1180. The van der Waals surface area contributed by atoms with E-state index in [1.54, 1.807) is 6.07 Å². The van der Waals surface area contributed by atoms with Crippen LogP contribution in [0.5, 0.6) is 0 Å². The molecule has 11 nitrogen and oxygen atoms in total. The lowest BCUT2D eigenvalue weighted by molar-refractivity contribution is 0.372. The van der Waals surface area contributed by atoms with Gasteiger partial charge in [-0.3, -0.25) is 9.36 Å². The molecule has 0 bridgehead atoms. The first kappa shape index (κ1) is 23.2. The molecule has 1 fully saturated rings. The highest BCUT2D eigenvalue weighted by Crippen LogP contribution is 2.35. The number of nitrogen functional groups attached to an aromatic ring is 2. The predicted octanol–water partition coefficient (Wildman–Crippen LogP) is 1.40. The molecule has 2 heterocycles. The summed E-state index contributed by atoms with van der Waals surface area (Å²) in [6.45, 7) is 2.10. The Morgan fingerprint density at radius 3 is 2.50 bits per heavy atom. The van der Waals surface area contributed by atoms with E-state index in [0.717, 1.165) is 36.6 Å². The van der Waals surface area contributed by atoms with E-state index in [9.17, 15) is 4.79 Å². The number of aryl methyl sites for hydroxylation is 1. The largest absolute Gasteiger partial charge is 0.383 e. The molecule has 1 aromatic carbocycles. The van der Waals surface area contributed by atoms with Crippen molar-refractivity contribution in [1.82, 2.24) is 24.6 Å². The summed E-state index contributed by atoms with van der Waals surface area (Å²) >= 11 is 6.14. The zero-order valence-electron chi connectivity index (χ0n) is 18.0. The number of nitrogens with two attached hydrogens (primary N) is 4. The van der Waals surface area contributed by atoms with Crippen LogP contribution in [0.1, 0.15) is 43.6 Å². The van der Waals surface area contributed by atoms with Gasteiger partial charge in [0.05, 0.1) is 15.9 Å². The molecule has 1 saturated carbocycles. The summed E-state index contributed by atoms with van der Waals surface area (Å²) in [5, 5.41) is 5.84. The number of rotatable bonds is 5. The third kappa shape index (κ3) is 5.06. The van der Waals surface area contributed by atoms with Gasteiger partial charge in [0.25, 0.3) is 5.56 Å². The lowest BCUT2D eigenvalue weighted by Crippen LogP contribution is -2.27. The van der Waals surface area contributed by atoms with Crippen LogP contribution in [0.15, 0.2) is 34.4 Å². The van der Waals surface area contributed by atoms with Crippen molar-refractivity contribution in [1.29, 1.82) is 0 Å². The second-order valence-corrected chi connectivity index (χ2v) is 7.80. The molecule has 2 aromatic heterocycles. The summed E-state index contributed by atoms with van der Waals surface area (Å²) < 4.78 is 1.86. The summed E-state index contributed by atoms with van der Waals surface area (Å²) in [6, 6.07) is 5.80. The Morgan fingerprint density at radius 2 is 1.94 bits per heavy atom. The van der Waals surface area contributed by atoms with Gasteiger partial charge in [0.1, 0.15) is 29.4 Å². The number of nitrogens with zero attached hydrogens (tertiary/aromatic N) is 6. The third-order valence-electron chi connectivity index (χ3n) is 4.77. The molecule has 0 unspecified atom stereocenters. The Morgan fingerprint density at radius 1 is 1.28 bits per heavy atom. The standard InChI is InChI=1S/C14H15ClN2O.C6H12N8/c1-2-4-12-16-11-6-3-5-10(15)13(11)14(18)17(12)9-7-8-9;1-14(10)13-6(9)3-4(7)11-2-12-5(3)8/h3,5-6,9H,2,4,7-8H2,1H3;2H,10H2,1H3,(H2,9,13)(H4,7,8,11,12). The van der Waals surface area contributed by atoms with E-state index < -0.39 is 0 Å². The van der Waals surface area contributed by atoms with Crippen molar-refractivity contribution < 1.29 is 0 Å². The van der Waals surface area contributed by atoms with E-state index in [2.05, 4.69) is 27.0 Å². The van der Waals surface area contributed by atoms with E-state index in [-0.39, 0.29) is 23.0 Å². The number of hydrogen-bond acceptors (Lipinski definition) is 9. The van der Waals surface area contributed by atoms with Gasteiger partial charge in [0.15, 0.2) is 5.84 Å². The van der Waals surface area contributed by atoms with Crippen LogP contribution in [-0.4, -0.2) is 37.5 Å². The first-order chi connectivity index (χ1) is 15.2. The maximum absolute atomic E-state index is 12.6. The van der Waals surface area contributed by atoms with Crippen LogP contribution in [-0.2, 0) is 6.42 Å². The van der Waals surface area contributed by atoms with Crippen molar-refractivity contribution in [2.24, 2.45) is 16.7 Å². The molecule has 0 amide bonds. The Kier molecular flexibility index (Phi) is 7.11. The van der Waals surface area contributed by atoms with Crippen LogP contribution >= 0.6 is 11.6 Å². The quantitative estimate of drug-likeness (QED) is 0.190. The smallest absolute Gasteiger partial charge is 0.263 e. The monoisotopic (exact) mass is 458 g/mol. The van der Waals surface area contributed by atoms with Gasteiger partial charge >= 0.3 is 0 Å². The van der Waals surface area contributed by atoms with E-state index in [1.165, 1.54) is 13.4 Å². The van der Waals surface area contributed by atoms with Crippen molar-refractivity contribution >= 4 is 40.0 Å². The molecule has 0 aliphatic heterocycles. The fourth-order valence-electron chi connectivity index (χ4n) is 3.25. The number of amidine groups is 1. The Hall–Kier alpha value is -3.44. The van der Waals surface area contributed by atoms with E-state index in [4.69, 9.17) is 34.6 Å². The van der Waals surface area contributed by atoms with E-state index in [0.29, 0.717) is 27.5 Å². The molecule has 12 heteroatoms. The first-order valence-corrected chi connectivity index (χ1v) is 10.5. The van der Waals surface area contributed by atoms with Crippen LogP contribution in [0.3, 0.4) is 0 Å². The fourth-order valence-corrected chi connectivity index (χ4v) is 3.50. The summed E-state index contributed by atoms with van der Waals surface area (Å²) in [5.74, 6) is 6.59. The van der Waals surface area contributed by atoms with Crippen LogP contribution < -0.4 is 28.6 Å². The number of hydrogen-bond donors (Lipinski definition) is 4. The van der Waals surface area contributed by atoms with Gasteiger partial charge in [-0.1, -0.05) is 24.6 Å². The van der Waals surface area contributed by atoms with Crippen molar-refractivity contribution in [2.45, 2.75) is 38.6 Å². The minimum absolute atomic E-state index is 0.0246. The second kappa shape index (κ2) is 9.79. The molecule has 170 valence electrons. The van der Waals surface area contributed by atoms with Crippen molar-refractivity contribution in [3.8, 4) is 0 Å². The SMILES string of the molecule is CCCc1nc2cccc(Cl)c2c(=O)n1C1CC1.CN(N)/N=C(\N)c1c(N)ncnc1N. The average molecular weight is 459 g/mol. The molecule has 8 N–H and O–H groups in total. The normalized spacial score (nSPS) is 13.6. The lowest BCUT2D eigenvalue weighted by atomic mass is 10.2. The highest BCUT2D eigenvalue weighted by atomic mass is 35.5. The number of benzene rings is 1. The molecule has 1 aliphatic rings. The molecule has 32 heavy (non-hydrogen) atoms. The maximum atomic E-state index is 12.6. The molecule has 0 atom stereocenters. The van der Waals surface area contributed by atoms with Crippen LogP contribution in [0.25, 0.3) is 10.9 Å². The van der Waals surface area contributed by atoms with Gasteiger partial charge in [-0.15, -0.1) is 5.10 Å². The number of halogens is 1. The van der Waals surface area contributed by atoms with Crippen LogP contribution in [0.2, 0.25) is 5.02 Å². The van der Waals surface area contributed by atoms with Crippen molar-refractivity contribution in [3.05, 3.63) is 51.3 Å². The summed E-state index contributed by atoms with van der Waals surface area (Å²) in [7, 11) is 1.52. The molecule has 0 saturated heterocycles. The highest BCUT2D eigenvalue weighted by molar-refractivity contribution is 6.35. The Labute approximate surface area is 190 Å². The molecule has 4 rings (SSSR count). The van der Waals surface area contributed by atoms with Gasteiger partial charge in [0, 0.05) is 19.5 Å². The topological polar surface area (TPSA) is 180 Å². The maximum Gasteiger partial charge on any atom is 0.263 e. The zero-order chi connectivity index (χ0) is 23.4. The van der Waals surface area contributed by atoms with Gasteiger partial charge in [0.2, 0.25) is 0 Å². The van der Waals surface area contributed by atoms with Gasteiger partial charge in [-0.25, -0.2) is 25.9 Å². The summed E-state index contributed by atoms with van der Waals surface area (Å²) in [4.78, 5) is 24.7. The number of aromatic nitrogens is 4. The van der Waals surface area contributed by atoms with Gasteiger partial charge in [-0.2, -0.15) is 0 Å². The average Bonchev–Trinajstić information content (AvgIpc) is 3.53. The molecule has 1 aliphatic carbocycles. The molecular formula is C20H27ClN10O. The number of hydrazone groups is 1. The van der Waals surface area contributed by atoms with Gasteiger partial charge < -0.3 is 17.2 Å². The highest BCUT2D eigenvalue weighted by Gasteiger charge is 2.28. The number of hydrazine groups is 1. The second-order valence-electron chi connectivity index (χ2n) is 7.40. The number of fused-ring (bicyclic) bond motifs is 1. The van der Waals surface area contributed by atoms with Crippen molar-refractivity contribution in [3.63, 3.8) is 0 Å². The minimum atomic E-state index is 0.0246. The molecular weight excluding hydrogens is 432 g/mol. The van der Waals surface area contributed by atoms with E-state index in [1.807, 2.05) is 16.7 Å². The molecule has 3 aromatic rings. The predicted molar refractivity (Wildman–Crippen MR) is 127 cm³/mol. The lowest BCUT2D eigenvalue weighted by Gasteiger charge is -2.12. The Balaban J connectivity index is 0.000000188. The van der Waals surface area contributed by atoms with Crippen LogP contribution in [0.4, 0.5) is 11.6 Å².